The lowest BCUT2D eigenvalue weighted by Crippen LogP contribution is -2.54. The number of hydrogen-bond donors (Lipinski definition) is 0. The second-order valence-corrected chi connectivity index (χ2v) is 13.2. The van der Waals surface area contributed by atoms with Gasteiger partial charge in [-0.05, 0) is 110 Å². The molecule has 178 valence electrons. The van der Waals surface area contributed by atoms with E-state index < -0.39 is 5.43 Å². The molecule has 4 aliphatic rings. The molecule has 0 amide bonds. The van der Waals surface area contributed by atoms with Crippen LogP contribution in [0.2, 0.25) is 0 Å². The fourth-order valence-corrected chi connectivity index (χ4v) is 9.61. The number of carbonyl (C=O) groups excluding carboxylic acids is 1. The zero-order chi connectivity index (χ0) is 22.4. The first kappa shape index (κ1) is 23.9. The number of ether oxygens (including phenoxy) is 1. The second kappa shape index (κ2) is 9.19. The van der Waals surface area contributed by atoms with E-state index in [4.69, 9.17) is 16.3 Å². The van der Waals surface area contributed by atoms with E-state index in [9.17, 15) is 4.79 Å². The predicted octanol–water partition coefficient (Wildman–Crippen LogP) is 8.85. The van der Waals surface area contributed by atoms with E-state index in [1.165, 1.54) is 64.2 Å². The minimum Gasteiger partial charge on any atom is -0.450 e. The fraction of sp³-hybridized carbons (Fsp3) is 0.964. The van der Waals surface area contributed by atoms with Crippen LogP contribution in [-0.4, -0.2) is 11.5 Å². The lowest BCUT2D eigenvalue weighted by atomic mass is 9.44. The molecule has 0 spiro atoms. The average Bonchev–Trinajstić information content (AvgIpc) is 3.05. The quantitative estimate of drug-likeness (QED) is 0.377. The molecule has 0 aromatic rings. The van der Waals surface area contributed by atoms with Crippen molar-refractivity contribution in [2.24, 2.45) is 52.3 Å². The first-order chi connectivity index (χ1) is 14.6. The molecule has 0 radical (unpaired) electrons. The van der Waals surface area contributed by atoms with E-state index in [-0.39, 0.29) is 6.10 Å². The summed E-state index contributed by atoms with van der Waals surface area (Å²) >= 11 is 5.53. The van der Waals surface area contributed by atoms with Crippen LogP contribution in [0.4, 0.5) is 4.79 Å². The van der Waals surface area contributed by atoms with Gasteiger partial charge in [-0.15, -0.1) is 0 Å². The minimum atomic E-state index is -0.616. The molecule has 31 heavy (non-hydrogen) atoms. The maximum absolute atomic E-state index is 11.3. The summed E-state index contributed by atoms with van der Waals surface area (Å²) in [6.07, 6.45) is 16.1. The van der Waals surface area contributed by atoms with Crippen LogP contribution in [0.15, 0.2) is 0 Å². The maximum atomic E-state index is 11.3. The van der Waals surface area contributed by atoms with E-state index in [0.717, 1.165) is 48.3 Å². The molecule has 3 heteroatoms. The summed E-state index contributed by atoms with van der Waals surface area (Å²) in [5, 5.41) is 0. The van der Waals surface area contributed by atoms with Crippen LogP contribution in [0.5, 0.6) is 0 Å². The SMILES string of the molecule is CC(C)CCC[C@@H](C)[C@H]1CC[C@H]2[C@@H]3CC[C@H]4C[C@@H](OC(=O)Cl)CC[C@]4(C)[C@H]3CC[C@]12C. The molecule has 0 unspecified atom stereocenters. The molecule has 4 fully saturated rings. The zero-order valence-electron chi connectivity index (χ0n) is 20.8. The van der Waals surface area contributed by atoms with Gasteiger partial charge in [0, 0.05) is 11.6 Å². The zero-order valence-corrected chi connectivity index (χ0v) is 21.6. The van der Waals surface area contributed by atoms with E-state index in [1.807, 2.05) is 0 Å². The monoisotopic (exact) mass is 450 g/mol. The van der Waals surface area contributed by atoms with Crippen molar-refractivity contribution in [3.8, 4) is 0 Å². The van der Waals surface area contributed by atoms with E-state index in [1.54, 1.807) is 0 Å². The minimum absolute atomic E-state index is 0.0519. The number of fused-ring (bicyclic) bond motifs is 5. The lowest BCUT2D eigenvalue weighted by molar-refractivity contribution is -0.128. The third-order valence-corrected chi connectivity index (χ3v) is 11.2. The largest absolute Gasteiger partial charge is 0.450 e. The van der Waals surface area contributed by atoms with Crippen molar-refractivity contribution in [2.45, 2.75) is 118 Å². The van der Waals surface area contributed by atoms with Crippen LogP contribution >= 0.6 is 11.6 Å². The van der Waals surface area contributed by atoms with Crippen molar-refractivity contribution in [2.75, 3.05) is 0 Å². The summed E-state index contributed by atoms with van der Waals surface area (Å²) in [5.74, 6) is 6.13. The highest BCUT2D eigenvalue weighted by Crippen LogP contribution is 2.68. The van der Waals surface area contributed by atoms with Crippen LogP contribution in [-0.2, 0) is 4.74 Å². The predicted molar refractivity (Wildman–Crippen MR) is 129 cm³/mol. The van der Waals surface area contributed by atoms with Gasteiger partial charge < -0.3 is 4.74 Å². The summed E-state index contributed by atoms with van der Waals surface area (Å²) in [6, 6.07) is 0. The molecule has 4 rings (SSSR count). The summed E-state index contributed by atoms with van der Waals surface area (Å²) in [7, 11) is 0. The molecule has 4 saturated carbocycles. The number of carbonyl (C=O) groups is 1. The van der Waals surface area contributed by atoms with Crippen molar-refractivity contribution in [1.29, 1.82) is 0 Å². The Morgan fingerprint density at radius 1 is 0.935 bits per heavy atom. The van der Waals surface area contributed by atoms with Gasteiger partial charge in [-0.1, -0.05) is 53.9 Å². The van der Waals surface area contributed by atoms with Crippen molar-refractivity contribution in [3.63, 3.8) is 0 Å². The van der Waals surface area contributed by atoms with E-state index in [2.05, 4.69) is 34.6 Å². The van der Waals surface area contributed by atoms with Crippen LogP contribution in [0, 0.1) is 52.3 Å². The summed E-state index contributed by atoms with van der Waals surface area (Å²) in [5.41, 5.74) is 0.406. The van der Waals surface area contributed by atoms with Gasteiger partial charge in [0.15, 0.2) is 0 Å². The topological polar surface area (TPSA) is 26.3 Å². The summed E-state index contributed by atoms with van der Waals surface area (Å²) < 4.78 is 5.42. The Balaban J connectivity index is 1.43. The maximum Gasteiger partial charge on any atom is 0.404 e. The molecule has 0 aromatic carbocycles. The standard InChI is InChI=1S/C28H47ClO2/c1-18(2)7-6-8-19(3)23-11-12-24-22-10-9-20-17-21(31-26(29)30)13-15-27(20,4)25(22)14-16-28(23,24)5/h18-25H,6-17H2,1-5H3/t19-,20+,21+,22+,23-,24+,25+,27+,28-/m1/s1. The van der Waals surface area contributed by atoms with Gasteiger partial charge >= 0.3 is 5.43 Å². The molecule has 9 atom stereocenters. The van der Waals surface area contributed by atoms with Crippen LogP contribution in [0.25, 0.3) is 0 Å². The normalized spacial score (nSPS) is 45.5. The van der Waals surface area contributed by atoms with Crippen molar-refractivity contribution in [1.82, 2.24) is 0 Å². The van der Waals surface area contributed by atoms with Crippen molar-refractivity contribution < 1.29 is 9.53 Å². The smallest absolute Gasteiger partial charge is 0.404 e. The third kappa shape index (κ3) is 4.45. The molecule has 0 bridgehead atoms. The Bertz CT molecular complexity index is 647. The molecule has 4 aliphatic carbocycles. The van der Waals surface area contributed by atoms with Gasteiger partial charge in [-0.25, -0.2) is 4.79 Å². The fourth-order valence-electron chi connectivity index (χ4n) is 9.48. The van der Waals surface area contributed by atoms with Crippen LogP contribution in [0.3, 0.4) is 0 Å². The third-order valence-electron chi connectivity index (χ3n) is 11.1. The van der Waals surface area contributed by atoms with Gasteiger partial charge in [-0.3, -0.25) is 0 Å². The number of hydrogen-bond acceptors (Lipinski definition) is 2. The first-order valence-electron chi connectivity index (χ1n) is 13.5. The summed E-state index contributed by atoms with van der Waals surface area (Å²) in [6.45, 7) is 12.6. The van der Waals surface area contributed by atoms with Crippen LogP contribution in [0.1, 0.15) is 112 Å². The van der Waals surface area contributed by atoms with Gasteiger partial charge in [-0.2, -0.15) is 0 Å². The van der Waals surface area contributed by atoms with E-state index >= 15 is 0 Å². The Morgan fingerprint density at radius 3 is 2.35 bits per heavy atom. The molecule has 0 heterocycles. The summed E-state index contributed by atoms with van der Waals surface area (Å²) in [4.78, 5) is 11.3. The highest BCUT2D eigenvalue weighted by molar-refractivity contribution is 6.61. The Kier molecular flexibility index (Phi) is 7.08. The Labute approximate surface area is 196 Å². The molecule has 0 aliphatic heterocycles. The molecule has 0 N–H and O–H groups in total. The highest BCUT2D eigenvalue weighted by Gasteiger charge is 2.60. The van der Waals surface area contributed by atoms with Gasteiger partial charge in [0.25, 0.3) is 0 Å². The molecular weight excluding hydrogens is 404 g/mol. The Morgan fingerprint density at radius 2 is 1.65 bits per heavy atom. The van der Waals surface area contributed by atoms with Gasteiger partial charge in [0.05, 0.1) is 0 Å². The van der Waals surface area contributed by atoms with Crippen LogP contribution < -0.4 is 0 Å². The van der Waals surface area contributed by atoms with Crippen molar-refractivity contribution in [3.05, 3.63) is 0 Å². The van der Waals surface area contributed by atoms with Crippen molar-refractivity contribution >= 4 is 17.0 Å². The number of halogens is 1. The highest BCUT2D eigenvalue weighted by atomic mass is 35.5. The van der Waals surface area contributed by atoms with Gasteiger partial charge in [0.2, 0.25) is 0 Å². The lowest BCUT2D eigenvalue weighted by Gasteiger charge is -2.61. The molecule has 0 saturated heterocycles. The number of rotatable bonds is 6. The molecular formula is C28H47ClO2. The Hall–Kier alpha value is -0.240. The average molecular weight is 451 g/mol. The molecule has 0 aromatic heterocycles. The molecule has 2 nitrogen and oxygen atoms in total. The van der Waals surface area contributed by atoms with Gasteiger partial charge in [0.1, 0.15) is 6.10 Å². The second-order valence-electron chi connectivity index (χ2n) is 12.9. The van der Waals surface area contributed by atoms with E-state index in [0.29, 0.717) is 16.7 Å². The first-order valence-corrected chi connectivity index (χ1v) is 13.9.